The van der Waals surface area contributed by atoms with Crippen LogP contribution in [0.5, 0.6) is 0 Å². The van der Waals surface area contributed by atoms with Crippen LogP contribution in [-0.2, 0) is 0 Å². The Balaban J connectivity index is 2.48. The lowest BCUT2D eigenvalue weighted by atomic mass is 10.1. The zero-order valence-corrected chi connectivity index (χ0v) is 9.02. The van der Waals surface area contributed by atoms with Crippen LogP contribution < -0.4 is 0 Å². The van der Waals surface area contributed by atoms with Crippen molar-refractivity contribution in [2.75, 3.05) is 0 Å². The predicted molar refractivity (Wildman–Crippen MR) is 63.2 cm³/mol. The molecule has 0 aliphatic carbocycles. The molecule has 5 heteroatoms. The summed E-state index contributed by atoms with van der Waals surface area (Å²) in [7, 11) is 0. The second-order valence-corrected chi connectivity index (χ2v) is 3.94. The molecule has 1 heterocycles. The molecule has 2 aromatic rings. The highest BCUT2D eigenvalue weighted by Crippen LogP contribution is 2.28. The maximum atomic E-state index is 11.5. The fourth-order valence-corrected chi connectivity index (χ4v) is 2.20. The summed E-state index contributed by atoms with van der Waals surface area (Å²) >= 11 is 1.28. The first-order chi connectivity index (χ1) is 7.83. The summed E-state index contributed by atoms with van der Waals surface area (Å²) in [5.74, 6) is -0.531. The molecule has 16 heavy (non-hydrogen) atoms. The van der Waals surface area contributed by atoms with Crippen molar-refractivity contribution in [3.63, 3.8) is 0 Å². The Hall–Kier alpha value is -2.10. The quantitative estimate of drug-likeness (QED) is 0.438. The average Bonchev–Trinajstić information content (AvgIpc) is 2.79. The number of carbonyl (C=O) groups excluding carboxylic acids is 1. The van der Waals surface area contributed by atoms with Crippen LogP contribution in [0.1, 0.15) is 9.67 Å². The second-order valence-electron chi connectivity index (χ2n) is 3.02. The summed E-state index contributed by atoms with van der Waals surface area (Å²) < 4.78 is 0. The lowest BCUT2D eigenvalue weighted by Gasteiger charge is -1.99. The first-order valence-electron chi connectivity index (χ1n) is 4.55. The highest BCUT2D eigenvalue weighted by atomic mass is 32.1. The van der Waals surface area contributed by atoms with E-state index in [0.717, 1.165) is 11.1 Å². The standard InChI is InChI=1S/C11H7N3OS/c12-14-13-11(15)10-9(6-7-16-10)8-4-2-1-3-5-8/h1-7H. The molecule has 1 aromatic carbocycles. The number of rotatable bonds is 2. The Morgan fingerprint density at radius 1 is 1.25 bits per heavy atom. The lowest BCUT2D eigenvalue weighted by Crippen LogP contribution is -1.91. The number of hydrogen-bond acceptors (Lipinski definition) is 2. The van der Waals surface area contributed by atoms with Gasteiger partial charge in [-0.3, -0.25) is 4.79 Å². The van der Waals surface area contributed by atoms with Gasteiger partial charge in [-0.15, -0.1) is 11.3 Å². The van der Waals surface area contributed by atoms with Crippen LogP contribution in [0.25, 0.3) is 21.6 Å². The Morgan fingerprint density at radius 2 is 2.00 bits per heavy atom. The molecule has 1 amide bonds. The molecule has 0 fully saturated rings. The lowest BCUT2D eigenvalue weighted by molar-refractivity contribution is 0.100. The molecular formula is C11H7N3OS. The van der Waals surface area contributed by atoms with Gasteiger partial charge in [-0.25, -0.2) is 0 Å². The fourth-order valence-electron chi connectivity index (χ4n) is 1.41. The second kappa shape index (κ2) is 4.61. The molecule has 0 spiro atoms. The van der Waals surface area contributed by atoms with Crippen molar-refractivity contribution in [1.29, 1.82) is 0 Å². The van der Waals surface area contributed by atoms with Crippen molar-refractivity contribution >= 4 is 17.2 Å². The number of azide groups is 1. The van der Waals surface area contributed by atoms with E-state index in [1.807, 2.05) is 41.8 Å². The Kier molecular flexibility index (Phi) is 3.00. The first kappa shape index (κ1) is 10.4. The minimum Gasteiger partial charge on any atom is -0.286 e. The van der Waals surface area contributed by atoms with E-state index in [1.54, 1.807) is 0 Å². The summed E-state index contributed by atoms with van der Waals surface area (Å²) in [5, 5.41) is 4.91. The molecule has 4 nitrogen and oxygen atoms in total. The van der Waals surface area contributed by atoms with Crippen molar-refractivity contribution in [3.8, 4) is 11.1 Å². The number of carbonyl (C=O) groups is 1. The van der Waals surface area contributed by atoms with Gasteiger partial charge in [0.1, 0.15) is 0 Å². The van der Waals surface area contributed by atoms with E-state index in [1.165, 1.54) is 11.3 Å². The normalized spacial score (nSPS) is 9.50. The number of thiophene rings is 1. The van der Waals surface area contributed by atoms with Crippen LogP contribution in [0.15, 0.2) is 46.9 Å². The largest absolute Gasteiger partial charge is 0.286 e. The average molecular weight is 229 g/mol. The predicted octanol–water partition coefficient (Wildman–Crippen LogP) is 3.87. The summed E-state index contributed by atoms with van der Waals surface area (Å²) in [6.07, 6.45) is 0. The van der Waals surface area contributed by atoms with E-state index in [0.29, 0.717) is 4.88 Å². The van der Waals surface area contributed by atoms with Crippen LogP contribution in [0.2, 0.25) is 0 Å². The molecule has 0 aliphatic rings. The minimum absolute atomic E-state index is 0.476. The summed E-state index contributed by atoms with van der Waals surface area (Å²) in [6.45, 7) is 0. The van der Waals surface area contributed by atoms with Gasteiger partial charge in [-0.05, 0) is 27.7 Å². The van der Waals surface area contributed by atoms with E-state index in [-0.39, 0.29) is 0 Å². The molecule has 0 radical (unpaired) electrons. The van der Waals surface area contributed by atoms with Gasteiger partial charge >= 0.3 is 0 Å². The maximum absolute atomic E-state index is 11.5. The molecule has 0 aliphatic heterocycles. The third-order valence-corrected chi connectivity index (χ3v) is 2.98. The van der Waals surface area contributed by atoms with E-state index < -0.39 is 5.91 Å². The summed E-state index contributed by atoms with van der Waals surface area (Å²) in [6, 6.07) is 11.4. The highest BCUT2D eigenvalue weighted by molar-refractivity contribution is 7.12. The summed E-state index contributed by atoms with van der Waals surface area (Å²) in [5.41, 5.74) is 9.99. The van der Waals surface area contributed by atoms with Gasteiger partial charge in [0.05, 0.1) is 4.88 Å². The molecule has 0 saturated carbocycles. The minimum atomic E-state index is -0.531. The van der Waals surface area contributed by atoms with Crippen LogP contribution in [0, 0.1) is 0 Å². The molecule has 2 rings (SSSR count). The zero-order chi connectivity index (χ0) is 11.4. The van der Waals surface area contributed by atoms with E-state index in [9.17, 15) is 4.79 Å². The smallest absolute Gasteiger partial charge is 0.259 e. The van der Waals surface area contributed by atoms with Crippen LogP contribution in [-0.4, -0.2) is 5.91 Å². The molecule has 0 atom stereocenters. The zero-order valence-electron chi connectivity index (χ0n) is 8.20. The Morgan fingerprint density at radius 3 is 2.69 bits per heavy atom. The molecule has 0 bridgehead atoms. The van der Waals surface area contributed by atoms with Crippen LogP contribution >= 0.6 is 11.3 Å². The van der Waals surface area contributed by atoms with Gasteiger partial charge in [-0.1, -0.05) is 30.3 Å². The van der Waals surface area contributed by atoms with Gasteiger partial charge in [0.15, 0.2) is 0 Å². The van der Waals surface area contributed by atoms with E-state index >= 15 is 0 Å². The van der Waals surface area contributed by atoms with Crippen molar-refractivity contribution in [2.24, 2.45) is 5.11 Å². The number of amides is 1. The van der Waals surface area contributed by atoms with Gasteiger partial charge in [-0.2, -0.15) is 0 Å². The first-order valence-corrected chi connectivity index (χ1v) is 5.43. The van der Waals surface area contributed by atoms with Gasteiger partial charge in [0.25, 0.3) is 5.91 Å². The van der Waals surface area contributed by atoms with Crippen molar-refractivity contribution < 1.29 is 4.79 Å². The van der Waals surface area contributed by atoms with Crippen molar-refractivity contribution in [2.45, 2.75) is 0 Å². The van der Waals surface area contributed by atoms with Gasteiger partial charge < -0.3 is 0 Å². The summed E-state index contributed by atoms with van der Waals surface area (Å²) in [4.78, 5) is 14.5. The molecule has 78 valence electrons. The molecule has 0 N–H and O–H groups in total. The molecule has 1 aromatic heterocycles. The van der Waals surface area contributed by atoms with Crippen LogP contribution in [0.4, 0.5) is 0 Å². The number of hydrogen-bond donors (Lipinski definition) is 0. The van der Waals surface area contributed by atoms with Gasteiger partial charge in [0, 0.05) is 10.5 Å². The third kappa shape index (κ3) is 1.95. The fraction of sp³-hybridized carbons (Fsp3) is 0. The Bertz CT molecular complexity index is 556. The number of nitrogens with zero attached hydrogens (tertiary/aromatic N) is 3. The Labute approximate surface area is 95.8 Å². The SMILES string of the molecule is [N-]=[N+]=NC(=O)c1sccc1-c1ccccc1. The van der Waals surface area contributed by atoms with Crippen molar-refractivity contribution in [3.05, 3.63) is 57.1 Å². The molecule has 0 saturated heterocycles. The number of benzene rings is 1. The molecule has 0 unspecified atom stereocenters. The topological polar surface area (TPSA) is 65.8 Å². The molecular weight excluding hydrogens is 222 g/mol. The monoisotopic (exact) mass is 229 g/mol. The van der Waals surface area contributed by atoms with Crippen LogP contribution in [0.3, 0.4) is 0 Å². The van der Waals surface area contributed by atoms with Gasteiger partial charge in [0.2, 0.25) is 0 Å². The highest BCUT2D eigenvalue weighted by Gasteiger charge is 2.12. The maximum Gasteiger partial charge on any atom is 0.259 e. The van der Waals surface area contributed by atoms with E-state index in [2.05, 4.69) is 10.0 Å². The third-order valence-electron chi connectivity index (χ3n) is 2.08. The van der Waals surface area contributed by atoms with E-state index in [4.69, 9.17) is 5.53 Å². The van der Waals surface area contributed by atoms with Crippen molar-refractivity contribution in [1.82, 2.24) is 0 Å².